The van der Waals surface area contributed by atoms with Crippen molar-refractivity contribution in [1.82, 2.24) is 4.31 Å². The highest BCUT2D eigenvalue weighted by Gasteiger charge is 2.42. The molecule has 0 aromatic heterocycles. The first-order chi connectivity index (χ1) is 11.3. The Labute approximate surface area is 139 Å². The smallest absolute Gasteiger partial charge is 0.270 e. The predicted molar refractivity (Wildman–Crippen MR) is 88.3 cm³/mol. The maximum absolute atomic E-state index is 14.3. The van der Waals surface area contributed by atoms with Crippen molar-refractivity contribution in [3.8, 4) is 0 Å². The van der Waals surface area contributed by atoms with E-state index in [2.05, 4.69) is 9.36 Å². The van der Waals surface area contributed by atoms with Crippen molar-refractivity contribution < 1.29 is 13.5 Å². The lowest BCUT2D eigenvalue weighted by Gasteiger charge is -2.38. The summed E-state index contributed by atoms with van der Waals surface area (Å²) in [5, 5.41) is 11.0. The first-order valence-corrected chi connectivity index (χ1v) is 9.17. The first kappa shape index (κ1) is 16.6. The minimum absolute atomic E-state index is 0.00136. The fourth-order valence-corrected chi connectivity index (χ4v) is 5.56. The molecule has 0 saturated heterocycles. The number of nitrogens with zero attached hydrogens (tertiary/aromatic N) is 4. The second kappa shape index (κ2) is 5.69. The van der Waals surface area contributed by atoms with Gasteiger partial charge in [0.25, 0.3) is 5.69 Å². The number of aliphatic imine (C=N–C) groups is 1. The lowest BCUT2D eigenvalue weighted by molar-refractivity contribution is -0.385. The van der Waals surface area contributed by atoms with Crippen LogP contribution in [0, 0.1) is 15.9 Å². The Morgan fingerprint density at radius 3 is 2.92 bits per heavy atom. The van der Waals surface area contributed by atoms with E-state index in [1.165, 1.54) is 4.31 Å². The summed E-state index contributed by atoms with van der Waals surface area (Å²) in [7, 11) is -2.86. The molecule has 8 nitrogen and oxygen atoms in total. The zero-order valence-electron chi connectivity index (χ0n) is 13.1. The molecule has 0 spiro atoms. The number of guanidine groups is 1. The van der Waals surface area contributed by atoms with E-state index in [9.17, 15) is 18.7 Å². The van der Waals surface area contributed by atoms with Gasteiger partial charge in [-0.05, 0) is 25.8 Å². The molecule has 0 saturated carbocycles. The van der Waals surface area contributed by atoms with Gasteiger partial charge in [-0.1, -0.05) is 0 Å². The van der Waals surface area contributed by atoms with Crippen molar-refractivity contribution >= 4 is 21.6 Å². The van der Waals surface area contributed by atoms with Gasteiger partial charge < -0.3 is 5.73 Å². The Kier molecular flexibility index (Phi) is 3.94. The molecule has 130 valence electrons. The molecular formula is C14H18FN5O3S. The summed E-state index contributed by atoms with van der Waals surface area (Å²) < 4.78 is 33.4. The van der Waals surface area contributed by atoms with Gasteiger partial charge in [-0.15, -0.1) is 0 Å². The molecule has 1 aromatic carbocycles. The Morgan fingerprint density at radius 2 is 2.21 bits per heavy atom. The summed E-state index contributed by atoms with van der Waals surface area (Å²) in [5.74, 6) is -0.672. The van der Waals surface area contributed by atoms with E-state index in [0.717, 1.165) is 31.0 Å². The molecule has 2 unspecified atom stereocenters. The van der Waals surface area contributed by atoms with Crippen LogP contribution in [0.15, 0.2) is 27.6 Å². The van der Waals surface area contributed by atoms with Gasteiger partial charge >= 0.3 is 0 Å². The number of non-ortho nitro benzene ring substituents is 1. The van der Waals surface area contributed by atoms with Gasteiger partial charge in [0.1, 0.15) is 21.3 Å². The molecule has 2 aliphatic rings. The van der Waals surface area contributed by atoms with E-state index < -0.39 is 26.2 Å². The standard InChI is InChI=1S/C14H18FN5O3S/c1-14(11-8-10(20(21)22)4-5-12(11)15)9-24(23)17-6-2-3-7-19(24)13(16)18-14/h4-5,8H,2-3,6-7,9H2,1H3,(H2,16,18). The van der Waals surface area contributed by atoms with Gasteiger partial charge in [-0.2, -0.15) is 0 Å². The van der Waals surface area contributed by atoms with E-state index in [1.807, 2.05) is 0 Å². The third kappa shape index (κ3) is 2.70. The highest BCUT2D eigenvalue weighted by Crippen LogP contribution is 2.36. The average molecular weight is 355 g/mol. The Balaban J connectivity index is 2.16. The van der Waals surface area contributed by atoms with Gasteiger partial charge in [-0.25, -0.2) is 18.0 Å². The van der Waals surface area contributed by atoms with Crippen LogP contribution in [0.1, 0.15) is 25.3 Å². The number of nitrogens with two attached hydrogens (primary N) is 1. The van der Waals surface area contributed by atoms with Gasteiger partial charge in [0.15, 0.2) is 0 Å². The Hall–Kier alpha value is -2.23. The van der Waals surface area contributed by atoms with E-state index >= 15 is 0 Å². The molecule has 2 N–H and O–H groups in total. The summed E-state index contributed by atoms with van der Waals surface area (Å²) >= 11 is 0. The molecular weight excluding hydrogens is 337 g/mol. The summed E-state index contributed by atoms with van der Waals surface area (Å²) in [5.41, 5.74) is 4.46. The van der Waals surface area contributed by atoms with Gasteiger partial charge in [0.05, 0.1) is 17.2 Å². The molecule has 0 aliphatic carbocycles. The quantitative estimate of drug-likeness (QED) is 0.643. The van der Waals surface area contributed by atoms with Crippen LogP contribution < -0.4 is 5.73 Å². The minimum atomic E-state index is -2.86. The molecule has 0 fully saturated rings. The maximum atomic E-state index is 14.3. The van der Waals surface area contributed by atoms with Crippen LogP contribution in [0.5, 0.6) is 0 Å². The number of rotatable bonds is 2. The summed E-state index contributed by atoms with van der Waals surface area (Å²) in [4.78, 5) is 14.7. The molecule has 10 heteroatoms. The Morgan fingerprint density at radius 1 is 1.46 bits per heavy atom. The molecule has 0 amide bonds. The fourth-order valence-electron chi connectivity index (χ4n) is 3.06. The normalized spacial score (nSPS) is 29.9. The van der Waals surface area contributed by atoms with E-state index in [1.54, 1.807) is 6.92 Å². The van der Waals surface area contributed by atoms with Crippen LogP contribution >= 0.6 is 0 Å². The van der Waals surface area contributed by atoms with Gasteiger partial charge in [0, 0.05) is 24.2 Å². The molecule has 2 heterocycles. The molecule has 2 aliphatic heterocycles. The highest BCUT2D eigenvalue weighted by molar-refractivity contribution is 7.92. The summed E-state index contributed by atoms with van der Waals surface area (Å²) in [6.45, 7) is 2.49. The number of halogens is 1. The van der Waals surface area contributed by atoms with Crippen molar-refractivity contribution in [3.63, 3.8) is 0 Å². The van der Waals surface area contributed by atoms with Crippen LogP contribution in [0.2, 0.25) is 0 Å². The maximum Gasteiger partial charge on any atom is 0.270 e. The van der Waals surface area contributed by atoms with Crippen molar-refractivity contribution in [2.45, 2.75) is 25.3 Å². The van der Waals surface area contributed by atoms with Crippen LogP contribution in [0.3, 0.4) is 0 Å². The van der Waals surface area contributed by atoms with Crippen LogP contribution in [-0.2, 0) is 15.5 Å². The largest absolute Gasteiger partial charge is 0.369 e. The third-order valence-corrected chi connectivity index (χ3v) is 6.82. The van der Waals surface area contributed by atoms with E-state index in [0.29, 0.717) is 13.1 Å². The van der Waals surface area contributed by atoms with Crippen LogP contribution in [0.4, 0.5) is 10.1 Å². The average Bonchev–Trinajstić information content (AvgIpc) is 2.68. The lowest BCUT2D eigenvalue weighted by Crippen LogP contribution is -2.52. The first-order valence-electron chi connectivity index (χ1n) is 7.53. The number of benzene rings is 1. The molecule has 0 radical (unpaired) electrons. The molecule has 1 aromatic rings. The zero-order chi connectivity index (χ0) is 17.5. The molecule has 2 atom stereocenters. The minimum Gasteiger partial charge on any atom is -0.369 e. The number of fused-ring (bicyclic) bond motifs is 1. The number of hydrogen-bond donors (Lipinski definition) is 1. The fraction of sp³-hybridized carbons (Fsp3) is 0.500. The van der Waals surface area contributed by atoms with Crippen molar-refractivity contribution in [2.24, 2.45) is 15.1 Å². The predicted octanol–water partition coefficient (Wildman–Crippen LogP) is 1.76. The van der Waals surface area contributed by atoms with Crippen molar-refractivity contribution in [2.75, 3.05) is 18.8 Å². The molecule has 3 rings (SSSR count). The van der Waals surface area contributed by atoms with Gasteiger partial charge in [-0.3, -0.25) is 14.4 Å². The number of nitro groups is 1. The third-order valence-electron chi connectivity index (χ3n) is 4.23. The highest BCUT2D eigenvalue weighted by atomic mass is 32.2. The summed E-state index contributed by atoms with van der Waals surface area (Å²) in [6.07, 6.45) is 1.58. The second-order valence-electron chi connectivity index (χ2n) is 6.08. The zero-order valence-corrected chi connectivity index (χ0v) is 14.0. The number of hydrogen-bond acceptors (Lipinski definition) is 6. The SMILES string of the molecule is CC1(c2cc([N+](=O)[O-])ccc2F)CS2(=O)=NCCCCN2C(N)=N1. The topological polar surface area (TPSA) is 114 Å². The van der Waals surface area contributed by atoms with Crippen LogP contribution in [-0.4, -0.2) is 38.2 Å². The van der Waals surface area contributed by atoms with Gasteiger partial charge in [0.2, 0.25) is 5.96 Å². The van der Waals surface area contributed by atoms with Crippen molar-refractivity contribution in [3.05, 3.63) is 39.7 Å². The summed E-state index contributed by atoms with van der Waals surface area (Å²) in [6, 6.07) is 3.23. The van der Waals surface area contributed by atoms with E-state index in [-0.39, 0.29) is 23.0 Å². The lowest BCUT2D eigenvalue weighted by atomic mass is 9.93. The Bertz CT molecular complexity index is 849. The van der Waals surface area contributed by atoms with Crippen molar-refractivity contribution in [1.29, 1.82) is 0 Å². The van der Waals surface area contributed by atoms with Crippen LogP contribution in [0.25, 0.3) is 0 Å². The molecule has 0 bridgehead atoms. The number of nitro benzene ring substituents is 1. The van der Waals surface area contributed by atoms with E-state index in [4.69, 9.17) is 5.73 Å². The second-order valence-corrected chi connectivity index (χ2v) is 8.28. The molecule has 24 heavy (non-hydrogen) atoms. The monoisotopic (exact) mass is 355 g/mol.